The molecule has 24 heavy (non-hydrogen) atoms. The highest BCUT2D eigenvalue weighted by Crippen LogP contribution is 2.23. The van der Waals surface area contributed by atoms with Gasteiger partial charge in [-0.15, -0.1) is 0 Å². The first-order valence-corrected chi connectivity index (χ1v) is 8.89. The zero-order valence-electron chi connectivity index (χ0n) is 14.7. The molecule has 0 radical (unpaired) electrons. The molecule has 1 aliphatic rings. The zero-order chi connectivity index (χ0) is 17.2. The summed E-state index contributed by atoms with van der Waals surface area (Å²) in [6.07, 6.45) is 8.45. The van der Waals surface area contributed by atoms with Crippen molar-refractivity contribution in [2.24, 2.45) is 10.9 Å². The molecular weight excluding hydrogens is 300 g/mol. The average Bonchev–Trinajstić information content (AvgIpc) is 2.61. The summed E-state index contributed by atoms with van der Waals surface area (Å²) in [5, 5.41) is 3.08. The Bertz CT molecular complexity index is 566. The van der Waals surface area contributed by atoms with Crippen LogP contribution >= 0.6 is 0 Å². The van der Waals surface area contributed by atoms with Gasteiger partial charge in [0.2, 0.25) is 5.91 Å². The number of hydrogen-bond acceptors (Lipinski definition) is 3. The Morgan fingerprint density at radius 2 is 2.04 bits per heavy atom. The van der Waals surface area contributed by atoms with E-state index in [4.69, 9.17) is 4.74 Å². The molecule has 1 saturated carbocycles. The van der Waals surface area contributed by atoms with Crippen molar-refractivity contribution in [3.05, 3.63) is 48.2 Å². The number of nitrogens with zero attached hydrogens (tertiary/aromatic N) is 1. The first-order valence-electron chi connectivity index (χ1n) is 8.89. The van der Waals surface area contributed by atoms with Crippen LogP contribution in [0.3, 0.4) is 0 Å². The fourth-order valence-electron chi connectivity index (χ4n) is 2.92. The van der Waals surface area contributed by atoms with E-state index in [9.17, 15) is 4.79 Å². The number of hydrogen-bond donors (Lipinski definition) is 1. The lowest BCUT2D eigenvalue weighted by atomic mass is 9.86. The molecule has 0 heterocycles. The zero-order valence-corrected chi connectivity index (χ0v) is 14.7. The minimum Gasteiger partial charge on any atom is -0.476 e. The molecule has 1 N–H and O–H groups in total. The van der Waals surface area contributed by atoms with Crippen molar-refractivity contribution in [2.75, 3.05) is 0 Å². The van der Waals surface area contributed by atoms with Crippen molar-refractivity contribution in [3.8, 4) is 0 Å². The first-order chi connectivity index (χ1) is 11.7. The summed E-state index contributed by atoms with van der Waals surface area (Å²) in [7, 11) is 0. The van der Waals surface area contributed by atoms with Gasteiger partial charge in [-0.3, -0.25) is 4.79 Å². The third kappa shape index (κ3) is 6.19. The number of aliphatic imine (C=N–C) groups is 1. The highest BCUT2D eigenvalue weighted by molar-refractivity contribution is 5.88. The summed E-state index contributed by atoms with van der Waals surface area (Å²) < 4.78 is 5.69. The lowest BCUT2D eigenvalue weighted by Gasteiger charge is -2.28. The molecule has 4 heteroatoms. The van der Waals surface area contributed by atoms with Gasteiger partial charge >= 0.3 is 0 Å². The molecule has 1 aromatic carbocycles. The molecule has 0 spiro atoms. The Kier molecular flexibility index (Phi) is 7.53. The number of carbonyl (C=O) groups excluding carboxylic acids is 1. The van der Waals surface area contributed by atoms with Gasteiger partial charge in [-0.25, -0.2) is 4.99 Å². The smallest absolute Gasteiger partial charge is 0.245 e. The van der Waals surface area contributed by atoms with Crippen molar-refractivity contribution < 1.29 is 9.53 Å². The van der Waals surface area contributed by atoms with E-state index in [1.807, 2.05) is 37.3 Å². The summed E-state index contributed by atoms with van der Waals surface area (Å²) in [4.78, 5) is 16.3. The number of benzene rings is 1. The Hall–Kier alpha value is -2.10. The highest BCUT2D eigenvalue weighted by Gasteiger charge is 2.21. The van der Waals surface area contributed by atoms with Crippen LogP contribution in [0.15, 0.2) is 47.6 Å². The average molecular weight is 328 g/mol. The summed E-state index contributed by atoms with van der Waals surface area (Å²) in [6, 6.07) is 10.3. The van der Waals surface area contributed by atoms with Crippen LogP contribution in [0.1, 0.15) is 51.5 Å². The van der Waals surface area contributed by atoms with Crippen LogP contribution in [0.25, 0.3) is 0 Å². The maximum atomic E-state index is 12.0. The number of ether oxygens (including phenoxy) is 1. The van der Waals surface area contributed by atoms with Gasteiger partial charge in [-0.2, -0.15) is 0 Å². The summed E-state index contributed by atoms with van der Waals surface area (Å²) in [6.45, 7) is 4.69. The molecule has 1 fully saturated rings. The standard InChI is InChI=1S/C20H28N2O2/c1-3-20(24-15-17-10-5-4-6-11-17)21-14-13-19(23)22-18-12-8-7-9-16(18)2/h4-6,10-11,13-14,16,18H,3,7-9,12,15H2,1-2H3,(H,22,23)/b14-13+,21-20+. The van der Waals surface area contributed by atoms with Crippen LogP contribution in [-0.2, 0) is 16.1 Å². The fourth-order valence-corrected chi connectivity index (χ4v) is 2.92. The Morgan fingerprint density at radius 1 is 1.29 bits per heavy atom. The molecule has 0 aromatic heterocycles. The molecule has 4 nitrogen and oxygen atoms in total. The second-order valence-corrected chi connectivity index (χ2v) is 6.34. The van der Waals surface area contributed by atoms with Crippen LogP contribution in [0.4, 0.5) is 0 Å². The van der Waals surface area contributed by atoms with Crippen LogP contribution in [0, 0.1) is 5.92 Å². The van der Waals surface area contributed by atoms with Crippen LogP contribution < -0.4 is 5.32 Å². The molecule has 0 saturated heterocycles. The van der Waals surface area contributed by atoms with Crippen molar-refractivity contribution in [3.63, 3.8) is 0 Å². The molecule has 1 aromatic rings. The van der Waals surface area contributed by atoms with Crippen LogP contribution in [-0.4, -0.2) is 17.8 Å². The summed E-state index contributed by atoms with van der Waals surface area (Å²) >= 11 is 0. The molecule has 2 atom stereocenters. The maximum Gasteiger partial charge on any atom is 0.245 e. The van der Waals surface area contributed by atoms with E-state index in [0.717, 1.165) is 12.0 Å². The quantitative estimate of drug-likeness (QED) is 0.483. The van der Waals surface area contributed by atoms with E-state index in [2.05, 4.69) is 17.2 Å². The number of amides is 1. The van der Waals surface area contributed by atoms with Gasteiger partial charge in [0.25, 0.3) is 0 Å². The summed E-state index contributed by atoms with van der Waals surface area (Å²) in [5.41, 5.74) is 1.10. The van der Waals surface area contributed by atoms with Crippen LogP contribution in [0.5, 0.6) is 0 Å². The van der Waals surface area contributed by atoms with Crippen molar-refractivity contribution in [1.29, 1.82) is 0 Å². The fraction of sp³-hybridized carbons (Fsp3) is 0.500. The number of rotatable bonds is 6. The molecular formula is C20H28N2O2. The first kappa shape index (κ1) is 18.2. The third-order valence-electron chi connectivity index (χ3n) is 4.43. The molecule has 1 amide bonds. The second kappa shape index (κ2) is 9.91. The maximum absolute atomic E-state index is 12.0. The normalized spacial score (nSPS) is 21.7. The van der Waals surface area contributed by atoms with E-state index in [-0.39, 0.29) is 5.91 Å². The number of carbonyl (C=O) groups is 1. The van der Waals surface area contributed by atoms with E-state index in [1.165, 1.54) is 31.5 Å². The Balaban J connectivity index is 1.80. The van der Waals surface area contributed by atoms with Crippen molar-refractivity contribution in [2.45, 2.75) is 58.6 Å². The van der Waals surface area contributed by atoms with Gasteiger partial charge < -0.3 is 10.1 Å². The van der Waals surface area contributed by atoms with Gasteiger partial charge in [-0.1, -0.05) is 57.0 Å². The van der Waals surface area contributed by atoms with E-state index in [0.29, 0.717) is 30.9 Å². The van der Waals surface area contributed by atoms with E-state index < -0.39 is 0 Å². The van der Waals surface area contributed by atoms with E-state index in [1.54, 1.807) is 0 Å². The number of nitrogens with one attached hydrogen (secondary N) is 1. The minimum absolute atomic E-state index is 0.0731. The monoisotopic (exact) mass is 328 g/mol. The van der Waals surface area contributed by atoms with Crippen molar-refractivity contribution >= 4 is 11.8 Å². The predicted octanol–water partition coefficient (Wildman–Crippen LogP) is 4.22. The highest BCUT2D eigenvalue weighted by atomic mass is 16.5. The molecule has 2 unspecified atom stereocenters. The van der Waals surface area contributed by atoms with Gasteiger partial charge in [-0.05, 0) is 24.3 Å². The minimum atomic E-state index is -0.0731. The topological polar surface area (TPSA) is 50.7 Å². The van der Waals surface area contributed by atoms with Gasteiger partial charge in [0, 0.05) is 24.7 Å². The second-order valence-electron chi connectivity index (χ2n) is 6.34. The lowest BCUT2D eigenvalue weighted by molar-refractivity contribution is -0.117. The molecule has 2 rings (SSSR count). The predicted molar refractivity (Wildman–Crippen MR) is 97.7 cm³/mol. The molecule has 1 aliphatic carbocycles. The Labute approximate surface area is 145 Å². The van der Waals surface area contributed by atoms with Gasteiger partial charge in [0.15, 0.2) is 5.90 Å². The SMILES string of the molecule is CC/C(=N\C=C\C(=O)NC1CCCCC1C)OCc1ccccc1. The lowest BCUT2D eigenvalue weighted by Crippen LogP contribution is -2.40. The van der Waals surface area contributed by atoms with Gasteiger partial charge in [0.05, 0.1) is 0 Å². The largest absolute Gasteiger partial charge is 0.476 e. The Morgan fingerprint density at radius 3 is 2.75 bits per heavy atom. The van der Waals surface area contributed by atoms with Crippen molar-refractivity contribution in [1.82, 2.24) is 5.32 Å². The third-order valence-corrected chi connectivity index (χ3v) is 4.43. The molecule has 0 aliphatic heterocycles. The summed E-state index contributed by atoms with van der Waals surface area (Å²) in [5.74, 6) is 1.12. The van der Waals surface area contributed by atoms with Crippen LogP contribution in [0.2, 0.25) is 0 Å². The molecule has 0 bridgehead atoms. The van der Waals surface area contributed by atoms with E-state index >= 15 is 0 Å². The molecule has 130 valence electrons. The van der Waals surface area contributed by atoms with Gasteiger partial charge in [0.1, 0.15) is 6.61 Å².